The van der Waals surface area contributed by atoms with Crippen LogP contribution in [0.3, 0.4) is 0 Å². The molecule has 1 aromatic heterocycles. The summed E-state index contributed by atoms with van der Waals surface area (Å²) in [7, 11) is 0. The zero-order valence-corrected chi connectivity index (χ0v) is 10.2. The molecule has 0 unspecified atom stereocenters. The molecule has 5 heteroatoms. The van der Waals surface area contributed by atoms with Gasteiger partial charge in [0.15, 0.2) is 0 Å². The molecular weight excluding hydrogens is 256 g/mol. The average molecular weight is 271 g/mol. The molecule has 15 heavy (non-hydrogen) atoms. The Balaban J connectivity index is 2.16. The summed E-state index contributed by atoms with van der Waals surface area (Å²) in [6.45, 7) is 2.09. The first-order valence-electron chi connectivity index (χ1n) is 5.30. The monoisotopic (exact) mass is 270 g/mol. The zero-order chi connectivity index (χ0) is 10.7. The Morgan fingerprint density at radius 3 is 2.47 bits per heavy atom. The number of aromatic nitrogens is 2. The molecule has 0 atom stereocenters. The Hall–Kier alpha value is -0.840. The Morgan fingerprint density at radius 1 is 1.20 bits per heavy atom. The van der Waals surface area contributed by atoms with Gasteiger partial charge in [0.05, 0.1) is 4.47 Å². The van der Waals surface area contributed by atoms with E-state index >= 15 is 0 Å². The van der Waals surface area contributed by atoms with Gasteiger partial charge in [-0.05, 0) is 28.8 Å². The number of nitrogens with zero attached hydrogens (tertiary/aromatic N) is 3. The van der Waals surface area contributed by atoms with E-state index in [-0.39, 0.29) is 0 Å². The second-order valence-corrected chi connectivity index (χ2v) is 4.66. The van der Waals surface area contributed by atoms with Crippen molar-refractivity contribution in [3.63, 3.8) is 0 Å². The Labute approximate surface area is 98.0 Å². The highest BCUT2D eigenvalue weighted by atomic mass is 79.9. The fourth-order valence-corrected chi connectivity index (χ4v) is 1.98. The first kappa shape index (κ1) is 10.7. The Kier molecular flexibility index (Phi) is 3.41. The Morgan fingerprint density at radius 2 is 1.87 bits per heavy atom. The lowest BCUT2D eigenvalue weighted by Crippen LogP contribution is -2.26. The van der Waals surface area contributed by atoms with Gasteiger partial charge >= 0.3 is 0 Å². The second kappa shape index (κ2) is 4.79. The van der Waals surface area contributed by atoms with E-state index in [0.717, 1.165) is 23.5 Å². The minimum absolute atomic E-state index is 0.518. The van der Waals surface area contributed by atoms with Gasteiger partial charge in [-0.25, -0.2) is 4.98 Å². The molecule has 82 valence electrons. The van der Waals surface area contributed by atoms with Crippen LogP contribution in [0.15, 0.2) is 10.7 Å². The average Bonchev–Trinajstić information content (AvgIpc) is 2.50. The summed E-state index contributed by atoms with van der Waals surface area (Å²) < 4.78 is 0.765. The van der Waals surface area contributed by atoms with E-state index in [1.54, 1.807) is 6.20 Å². The number of anilines is 2. The molecule has 1 fully saturated rings. The van der Waals surface area contributed by atoms with E-state index in [1.807, 2.05) is 0 Å². The van der Waals surface area contributed by atoms with Crippen molar-refractivity contribution in [2.24, 2.45) is 0 Å². The summed E-state index contributed by atoms with van der Waals surface area (Å²) in [6.07, 6.45) is 6.78. The van der Waals surface area contributed by atoms with Gasteiger partial charge in [0, 0.05) is 19.3 Å². The molecular formula is C10H15BrN4. The lowest BCUT2D eigenvalue weighted by Gasteiger charge is -2.20. The van der Waals surface area contributed by atoms with Crippen molar-refractivity contribution in [1.82, 2.24) is 9.97 Å². The molecule has 0 aromatic carbocycles. The van der Waals surface area contributed by atoms with E-state index in [1.165, 1.54) is 25.7 Å². The van der Waals surface area contributed by atoms with Crippen LogP contribution in [0.2, 0.25) is 0 Å². The zero-order valence-electron chi connectivity index (χ0n) is 8.62. The molecule has 0 saturated carbocycles. The largest absolute Gasteiger partial charge is 0.383 e. The normalized spacial score (nSPS) is 17.5. The van der Waals surface area contributed by atoms with Gasteiger partial charge in [0.25, 0.3) is 0 Å². The minimum Gasteiger partial charge on any atom is -0.383 e. The first-order valence-corrected chi connectivity index (χ1v) is 6.09. The maximum atomic E-state index is 5.74. The summed E-state index contributed by atoms with van der Waals surface area (Å²) in [5.41, 5.74) is 5.74. The number of hydrogen-bond donors (Lipinski definition) is 1. The van der Waals surface area contributed by atoms with Gasteiger partial charge in [-0.15, -0.1) is 0 Å². The number of nitrogens with two attached hydrogens (primary N) is 1. The van der Waals surface area contributed by atoms with E-state index in [9.17, 15) is 0 Å². The van der Waals surface area contributed by atoms with Crippen LogP contribution in [0.25, 0.3) is 0 Å². The first-order chi connectivity index (χ1) is 7.27. The maximum absolute atomic E-state index is 5.74. The number of rotatable bonds is 1. The predicted octanol–water partition coefficient (Wildman–Crippen LogP) is 2.20. The molecule has 1 aromatic rings. The van der Waals surface area contributed by atoms with Gasteiger partial charge in [0.1, 0.15) is 5.82 Å². The van der Waals surface area contributed by atoms with Crippen molar-refractivity contribution < 1.29 is 0 Å². The third kappa shape index (κ3) is 2.59. The molecule has 2 N–H and O–H groups in total. The van der Waals surface area contributed by atoms with E-state index in [4.69, 9.17) is 5.73 Å². The molecule has 1 aliphatic rings. The smallest absolute Gasteiger partial charge is 0.227 e. The van der Waals surface area contributed by atoms with Crippen molar-refractivity contribution in [2.45, 2.75) is 25.7 Å². The third-order valence-corrected chi connectivity index (χ3v) is 3.26. The lowest BCUT2D eigenvalue weighted by atomic mass is 10.2. The molecule has 0 aliphatic carbocycles. The molecule has 0 radical (unpaired) electrons. The molecule has 2 heterocycles. The third-order valence-electron chi connectivity index (χ3n) is 2.65. The predicted molar refractivity (Wildman–Crippen MR) is 64.8 cm³/mol. The summed E-state index contributed by atoms with van der Waals surface area (Å²) in [5, 5.41) is 0. The van der Waals surface area contributed by atoms with Crippen LogP contribution in [0.4, 0.5) is 11.8 Å². The van der Waals surface area contributed by atoms with E-state index in [0.29, 0.717) is 5.82 Å². The van der Waals surface area contributed by atoms with Gasteiger partial charge in [-0.2, -0.15) is 4.98 Å². The molecule has 0 amide bonds. The van der Waals surface area contributed by atoms with Crippen molar-refractivity contribution in [3.05, 3.63) is 10.7 Å². The lowest BCUT2D eigenvalue weighted by molar-refractivity contribution is 0.726. The number of nitrogen functional groups attached to an aromatic ring is 1. The quantitative estimate of drug-likeness (QED) is 0.850. The van der Waals surface area contributed by atoms with Gasteiger partial charge in [0.2, 0.25) is 5.95 Å². The van der Waals surface area contributed by atoms with Crippen LogP contribution in [-0.2, 0) is 0 Å². The molecule has 0 spiro atoms. The molecule has 4 nitrogen and oxygen atoms in total. The van der Waals surface area contributed by atoms with Crippen molar-refractivity contribution >= 4 is 27.7 Å². The highest BCUT2D eigenvalue weighted by Crippen LogP contribution is 2.20. The molecule has 1 aliphatic heterocycles. The molecule has 1 saturated heterocycles. The van der Waals surface area contributed by atoms with Gasteiger partial charge in [-0.3, -0.25) is 0 Å². The minimum atomic E-state index is 0.518. The summed E-state index contributed by atoms with van der Waals surface area (Å²) >= 11 is 3.30. The van der Waals surface area contributed by atoms with Crippen molar-refractivity contribution in [2.75, 3.05) is 23.7 Å². The highest BCUT2D eigenvalue weighted by molar-refractivity contribution is 9.10. The van der Waals surface area contributed by atoms with Crippen LogP contribution in [0.1, 0.15) is 25.7 Å². The van der Waals surface area contributed by atoms with Crippen LogP contribution in [0.5, 0.6) is 0 Å². The van der Waals surface area contributed by atoms with Crippen molar-refractivity contribution in [1.29, 1.82) is 0 Å². The van der Waals surface area contributed by atoms with Gasteiger partial charge in [-0.1, -0.05) is 12.8 Å². The SMILES string of the molecule is Nc1nc(N2CCCCCC2)ncc1Br. The van der Waals surface area contributed by atoms with Gasteiger partial charge < -0.3 is 10.6 Å². The maximum Gasteiger partial charge on any atom is 0.227 e. The summed E-state index contributed by atoms with van der Waals surface area (Å²) in [4.78, 5) is 10.8. The number of hydrogen-bond acceptors (Lipinski definition) is 4. The van der Waals surface area contributed by atoms with Crippen LogP contribution < -0.4 is 10.6 Å². The van der Waals surface area contributed by atoms with E-state index in [2.05, 4.69) is 30.8 Å². The fourth-order valence-electron chi connectivity index (χ4n) is 1.79. The molecule has 2 rings (SSSR count). The summed E-state index contributed by atoms with van der Waals surface area (Å²) in [6, 6.07) is 0. The fraction of sp³-hybridized carbons (Fsp3) is 0.600. The second-order valence-electron chi connectivity index (χ2n) is 3.80. The van der Waals surface area contributed by atoms with Crippen molar-refractivity contribution in [3.8, 4) is 0 Å². The summed E-state index contributed by atoms with van der Waals surface area (Å²) in [5.74, 6) is 1.28. The molecule has 0 bridgehead atoms. The van der Waals surface area contributed by atoms with E-state index < -0.39 is 0 Å². The van der Waals surface area contributed by atoms with Crippen LogP contribution in [-0.4, -0.2) is 23.1 Å². The number of halogens is 1. The standard InChI is InChI=1S/C10H15BrN4/c11-8-7-13-10(14-9(8)12)15-5-3-1-2-4-6-15/h7H,1-6H2,(H2,12,13,14). The topological polar surface area (TPSA) is 55.0 Å². The van der Waals surface area contributed by atoms with Crippen LogP contribution in [0, 0.1) is 0 Å². The highest BCUT2D eigenvalue weighted by Gasteiger charge is 2.13. The Bertz CT molecular complexity index is 334. The van der Waals surface area contributed by atoms with Crippen LogP contribution >= 0.6 is 15.9 Å².